The zero-order valence-electron chi connectivity index (χ0n) is 7.77. The Balaban J connectivity index is 2.72. The van der Waals surface area contributed by atoms with Crippen molar-refractivity contribution in [2.24, 2.45) is 9.98 Å². The second-order valence-electron chi connectivity index (χ2n) is 2.70. The first kappa shape index (κ1) is 8.68. The second-order valence-corrected chi connectivity index (χ2v) is 2.70. The molecule has 0 bridgehead atoms. The molecule has 0 spiro atoms. The smallest absolute Gasteiger partial charge is 0.368 e. The average molecular weight is 192 g/mol. The Morgan fingerprint density at radius 2 is 1.43 bits per heavy atom. The van der Waals surface area contributed by atoms with Crippen molar-refractivity contribution in [3.63, 3.8) is 0 Å². The highest BCUT2D eigenvalue weighted by Gasteiger charge is 2.10. The molecule has 1 aliphatic heterocycles. The highest BCUT2D eigenvalue weighted by molar-refractivity contribution is 5.77. The number of urea groups is 1. The van der Waals surface area contributed by atoms with E-state index in [4.69, 9.17) is 9.47 Å². The number of benzene rings is 1. The predicted molar refractivity (Wildman–Crippen MR) is 47.3 cm³/mol. The maximum Gasteiger partial charge on any atom is 0.368 e. The van der Waals surface area contributed by atoms with Gasteiger partial charge in [0, 0.05) is 12.1 Å². The van der Waals surface area contributed by atoms with E-state index in [9.17, 15) is 4.79 Å². The van der Waals surface area contributed by atoms with Crippen LogP contribution in [-0.4, -0.2) is 20.3 Å². The van der Waals surface area contributed by atoms with Crippen molar-refractivity contribution in [2.45, 2.75) is 0 Å². The monoisotopic (exact) mass is 192 g/mol. The summed E-state index contributed by atoms with van der Waals surface area (Å²) in [6.45, 7) is 0. The lowest BCUT2D eigenvalue weighted by Gasteiger charge is -2.04. The van der Waals surface area contributed by atoms with Gasteiger partial charge in [-0.25, -0.2) is 4.79 Å². The van der Waals surface area contributed by atoms with E-state index in [1.54, 1.807) is 12.1 Å². The molecule has 0 saturated heterocycles. The molecule has 1 aromatic carbocycles. The van der Waals surface area contributed by atoms with Crippen molar-refractivity contribution >= 4 is 6.03 Å². The molecule has 5 nitrogen and oxygen atoms in total. The van der Waals surface area contributed by atoms with Gasteiger partial charge in [0.15, 0.2) is 11.5 Å². The first-order chi connectivity index (χ1) is 6.74. The molecule has 0 aliphatic carbocycles. The third-order valence-corrected chi connectivity index (χ3v) is 1.91. The Kier molecular flexibility index (Phi) is 1.92. The molecule has 72 valence electrons. The molecule has 14 heavy (non-hydrogen) atoms. The maximum absolute atomic E-state index is 10.9. The highest BCUT2D eigenvalue weighted by atomic mass is 16.5. The molecule has 1 heterocycles. The van der Waals surface area contributed by atoms with Gasteiger partial charge in [-0.1, -0.05) is 0 Å². The Morgan fingerprint density at radius 3 is 1.79 bits per heavy atom. The summed E-state index contributed by atoms with van der Waals surface area (Å²) in [5.41, 5.74) is 0. The molecular formula is C9H8N2O3. The van der Waals surface area contributed by atoms with E-state index in [0.29, 0.717) is 22.2 Å². The maximum atomic E-state index is 10.9. The number of hydrogen-bond donors (Lipinski definition) is 0. The Morgan fingerprint density at radius 1 is 1.00 bits per heavy atom. The summed E-state index contributed by atoms with van der Waals surface area (Å²) < 4.78 is 10.1. The number of amides is 2. The van der Waals surface area contributed by atoms with Gasteiger partial charge in [-0.2, -0.15) is 9.98 Å². The van der Waals surface area contributed by atoms with E-state index in [-0.39, 0.29) is 0 Å². The van der Waals surface area contributed by atoms with Crippen LogP contribution in [0, 0.1) is 0 Å². The number of nitrogens with zero attached hydrogens (tertiary/aromatic N) is 2. The molecule has 0 atom stereocenters. The van der Waals surface area contributed by atoms with E-state index in [1.165, 1.54) is 14.2 Å². The number of methoxy groups -OCH3 is 2. The third kappa shape index (κ3) is 1.22. The summed E-state index contributed by atoms with van der Waals surface area (Å²) in [6, 6.07) is 2.76. The van der Waals surface area contributed by atoms with Crippen LogP contribution < -0.4 is 20.2 Å². The molecule has 0 fully saturated rings. The van der Waals surface area contributed by atoms with Crippen LogP contribution in [0.5, 0.6) is 11.5 Å². The molecule has 0 aromatic heterocycles. The van der Waals surface area contributed by atoms with Crippen LogP contribution in [0.2, 0.25) is 0 Å². The van der Waals surface area contributed by atoms with Crippen LogP contribution >= 0.6 is 0 Å². The molecule has 0 radical (unpaired) electrons. The Labute approximate surface area is 79.7 Å². The first-order valence-electron chi connectivity index (χ1n) is 3.98. The number of ether oxygens (including phenoxy) is 2. The van der Waals surface area contributed by atoms with Crippen LogP contribution in [0.1, 0.15) is 0 Å². The quantitative estimate of drug-likeness (QED) is 0.666. The summed E-state index contributed by atoms with van der Waals surface area (Å²) in [4.78, 5) is 18.3. The van der Waals surface area contributed by atoms with Crippen molar-refractivity contribution in [1.82, 2.24) is 0 Å². The Bertz CT molecular complexity index is 463. The number of fused-ring (bicyclic) bond motifs is 1. The molecule has 2 rings (SSSR count). The summed E-state index contributed by atoms with van der Waals surface area (Å²) in [6.07, 6.45) is 0. The van der Waals surface area contributed by atoms with E-state index in [1.807, 2.05) is 0 Å². The van der Waals surface area contributed by atoms with Gasteiger partial charge in [0.2, 0.25) is 0 Å². The van der Waals surface area contributed by atoms with Crippen LogP contribution in [0.25, 0.3) is 0 Å². The van der Waals surface area contributed by atoms with Crippen LogP contribution in [0.3, 0.4) is 0 Å². The van der Waals surface area contributed by atoms with Gasteiger partial charge >= 0.3 is 6.03 Å². The number of hydrogen-bond acceptors (Lipinski definition) is 3. The van der Waals surface area contributed by atoms with Gasteiger partial charge in [-0.3, -0.25) is 0 Å². The molecule has 0 saturated carbocycles. The topological polar surface area (TPSA) is 60.2 Å². The fourth-order valence-electron chi connectivity index (χ4n) is 1.27. The minimum atomic E-state index is -0.490. The normalized spacial score (nSPS) is 12.9. The minimum absolute atomic E-state index is 0.490. The van der Waals surface area contributed by atoms with Gasteiger partial charge in [0.25, 0.3) is 0 Å². The summed E-state index contributed by atoms with van der Waals surface area (Å²) in [5, 5.41) is 1.04. The van der Waals surface area contributed by atoms with E-state index in [2.05, 4.69) is 9.98 Å². The van der Waals surface area contributed by atoms with Crippen molar-refractivity contribution in [3.8, 4) is 11.5 Å². The van der Waals surface area contributed by atoms with Gasteiger partial charge in [0.05, 0.1) is 24.9 Å². The van der Waals surface area contributed by atoms with Gasteiger partial charge in [0.1, 0.15) is 0 Å². The molecule has 0 unspecified atom stereocenters. The summed E-state index contributed by atoms with van der Waals surface area (Å²) in [7, 11) is 3.05. The minimum Gasteiger partial charge on any atom is -0.493 e. The van der Waals surface area contributed by atoms with E-state index >= 15 is 0 Å². The Hall–Kier alpha value is -1.91. The second kappa shape index (κ2) is 3.10. The summed E-state index contributed by atoms with van der Waals surface area (Å²) >= 11 is 0. The van der Waals surface area contributed by atoms with E-state index < -0.39 is 6.03 Å². The van der Waals surface area contributed by atoms with Crippen molar-refractivity contribution in [1.29, 1.82) is 0 Å². The van der Waals surface area contributed by atoms with Crippen molar-refractivity contribution in [2.75, 3.05) is 14.2 Å². The lowest BCUT2D eigenvalue weighted by Crippen LogP contribution is -2.21. The lowest BCUT2D eigenvalue weighted by molar-refractivity contribution is 0.256. The fraction of sp³-hybridized carbons (Fsp3) is 0.222. The van der Waals surface area contributed by atoms with Gasteiger partial charge in [-0.15, -0.1) is 0 Å². The van der Waals surface area contributed by atoms with Crippen molar-refractivity contribution in [3.05, 3.63) is 22.8 Å². The zero-order chi connectivity index (χ0) is 10.1. The number of carbonyl (C=O) groups excluding carboxylic acids is 1. The molecular weight excluding hydrogens is 184 g/mol. The van der Waals surface area contributed by atoms with Crippen LogP contribution in [-0.2, 0) is 0 Å². The molecule has 0 N–H and O–H groups in total. The largest absolute Gasteiger partial charge is 0.493 e. The van der Waals surface area contributed by atoms with E-state index in [0.717, 1.165) is 0 Å². The predicted octanol–water partition coefficient (Wildman–Crippen LogP) is 0.0766. The standard InChI is InChI=1S/C9H8N2O3/c1-13-7-3-5-6(4-8(7)14-2)11-9(12)10-5/h3-4H,1-2H3. The van der Waals surface area contributed by atoms with Crippen molar-refractivity contribution < 1.29 is 14.3 Å². The van der Waals surface area contributed by atoms with Gasteiger partial charge < -0.3 is 9.47 Å². The SMILES string of the molecule is COc1cc2c(cc1OC)=NC(=O)N=2. The van der Waals surface area contributed by atoms with Crippen LogP contribution in [0.4, 0.5) is 4.79 Å². The fourth-order valence-corrected chi connectivity index (χ4v) is 1.27. The average Bonchev–Trinajstić information content (AvgIpc) is 2.54. The molecule has 5 heteroatoms. The third-order valence-electron chi connectivity index (χ3n) is 1.91. The zero-order valence-corrected chi connectivity index (χ0v) is 7.77. The highest BCUT2D eigenvalue weighted by Crippen LogP contribution is 2.22. The number of rotatable bonds is 2. The number of carbonyl (C=O) groups is 1. The molecule has 1 aliphatic rings. The molecule has 2 amide bonds. The van der Waals surface area contributed by atoms with Crippen LogP contribution in [0.15, 0.2) is 22.1 Å². The van der Waals surface area contributed by atoms with Gasteiger partial charge in [-0.05, 0) is 0 Å². The summed E-state index contributed by atoms with van der Waals surface area (Å²) in [5.74, 6) is 1.08. The molecule has 1 aromatic rings. The lowest BCUT2D eigenvalue weighted by atomic mass is 10.3. The first-order valence-corrected chi connectivity index (χ1v) is 3.98.